The van der Waals surface area contributed by atoms with Crippen molar-refractivity contribution in [3.05, 3.63) is 78.1 Å². The van der Waals surface area contributed by atoms with E-state index in [1.807, 2.05) is 12.1 Å². The molecular weight excluding hydrogens is 407 g/mol. The zero-order valence-electron chi connectivity index (χ0n) is 19.9. The largest absolute Gasteiger partial charge is 0.508 e. The first-order chi connectivity index (χ1) is 16.1. The van der Waals surface area contributed by atoms with Crippen molar-refractivity contribution in [2.24, 2.45) is 11.8 Å². The Hall–Kier alpha value is -2.61. The number of aryl methyl sites for hydroxylation is 1. The first kappa shape index (κ1) is 23.5. The predicted molar refractivity (Wildman–Crippen MR) is 137 cm³/mol. The van der Waals surface area contributed by atoms with Crippen molar-refractivity contribution >= 4 is 0 Å². The van der Waals surface area contributed by atoms with Crippen LogP contribution < -0.4 is 0 Å². The van der Waals surface area contributed by atoms with Gasteiger partial charge in [0.2, 0.25) is 0 Å². The molecule has 0 atom stereocenters. The number of aromatic hydroxyl groups is 1. The maximum absolute atomic E-state index is 14.8. The molecule has 1 nitrogen and oxygen atoms in total. The Morgan fingerprint density at radius 2 is 1.33 bits per heavy atom. The van der Waals surface area contributed by atoms with Crippen molar-refractivity contribution in [2.75, 3.05) is 0 Å². The van der Waals surface area contributed by atoms with Crippen LogP contribution in [0.5, 0.6) is 5.75 Å². The quantitative estimate of drug-likeness (QED) is 0.326. The Balaban J connectivity index is 1.30. The highest BCUT2D eigenvalue weighted by atomic mass is 19.1. The topological polar surface area (TPSA) is 20.2 Å². The number of hydrogen-bond donors (Lipinski definition) is 1. The van der Waals surface area contributed by atoms with E-state index in [2.05, 4.69) is 31.2 Å². The number of phenolic OH excluding ortho intramolecular Hbond substituents is 1. The lowest BCUT2D eigenvalue weighted by molar-refractivity contribution is 0.249. The highest BCUT2D eigenvalue weighted by Crippen LogP contribution is 2.34. The lowest BCUT2D eigenvalue weighted by Crippen LogP contribution is -2.15. The molecule has 0 bridgehead atoms. The highest BCUT2D eigenvalue weighted by molar-refractivity contribution is 5.71. The Bertz CT molecular complexity index is 998. The van der Waals surface area contributed by atoms with E-state index in [9.17, 15) is 9.50 Å². The summed E-state index contributed by atoms with van der Waals surface area (Å²) < 4.78 is 14.8. The van der Waals surface area contributed by atoms with Gasteiger partial charge in [-0.2, -0.15) is 0 Å². The summed E-state index contributed by atoms with van der Waals surface area (Å²) in [4.78, 5) is 0. The normalized spacial score (nSPS) is 18.4. The number of rotatable bonds is 9. The molecule has 0 aromatic heterocycles. The molecule has 3 aromatic carbocycles. The molecule has 0 amide bonds. The average Bonchev–Trinajstić information content (AvgIpc) is 2.85. The molecule has 33 heavy (non-hydrogen) atoms. The van der Waals surface area contributed by atoms with Crippen LogP contribution in [0.25, 0.3) is 22.3 Å². The minimum absolute atomic E-state index is 0.186. The van der Waals surface area contributed by atoms with Crippen LogP contribution in [0.2, 0.25) is 0 Å². The molecule has 2 heteroatoms. The van der Waals surface area contributed by atoms with Crippen LogP contribution in [0.15, 0.2) is 66.7 Å². The summed E-state index contributed by atoms with van der Waals surface area (Å²) in [5.41, 5.74) is 4.63. The van der Waals surface area contributed by atoms with E-state index in [0.29, 0.717) is 5.56 Å². The van der Waals surface area contributed by atoms with Gasteiger partial charge in [0.25, 0.3) is 0 Å². The molecule has 1 saturated carbocycles. The summed E-state index contributed by atoms with van der Waals surface area (Å²) in [6.45, 7) is 2.29. The Morgan fingerprint density at radius 3 is 1.97 bits per heavy atom. The van der Waals surface area contributed by atoms with Gasteiger partial charge in [-0.3, -0.25) is 0 Å². The fourth-order valence-corrected chi connectivity index (χ4v) is 5.30. The second kappa shape index (κ2) is 11.5. The lowest BCUT2D eigenvalue weighted by Gasteiger charge is -2.28. The molecule has 0 heterocycles. The van der Waals surface area contributed by atoms with Crippen LogP contribution in [0.1, 0.15) is 70.3 Å². The van der Waals surface area contributed by atoms with Crippen LogP contribution in [0, 0.1) is 17.7 Å². The fourth-order valence-electron chi connectivity index (χ4n) is 5.30. The van der Waals surface area contributed by atoms with E-state index in [1.165, 1.54) is 63.4 Å². The molecule has 1 aliphatic carbocycles. The van der Waals surface area contributed by atoms with E-state index in [0.717, 1.165) is 34.9 Å². The summed E-state index contributed by atoms with van der Waals surface area (Å²) >= 11 is 0. The summed E-state index contributed by atoms with van der Waals surface area (Å²) in [6, 6.07) is 20.7. The molecule has 0 radical (unpaired) electrons. The first-order valence-corrected chi connectivity index (χ1v) is 12.8. The second-order valence-electron chi connectivity index (χ2n) is 9.86. The summed E-state index contributed by atoms with van der Waals surface area (Å²) in [6.07, 6.45) is 13.7. The number of hydrogen-bond acceptors (Lipinski definition) is 1. The van der Waals surface area contributed by atoms with E-state index < -0.39 is 0 Å². The van der Waals surface area contributed by atoms with Crippen molar-refractivity contribution < 1.29 is 9.50 Å². The van der Waals surface area contributed by atoms with Gasteiger partial charge in [0, 0.05) is 5.56 Å². The monoisotopic (exact) mass is 444 g/mol. The van der Waals surface area contributed by atoms with Crippen molar-refractivity contribution in [3.8, 4) is 28.0 Å². The van der Waals surface area contributed by atoms with Gasteiger partial charge in [-0.1, -0.05) is 107 Å². The maximum Gasteiger partial charge on any atom is 0.131 e. The standard InChI is InChI=1S/C31H37FO/c1-2-3-4-5-23-6-8-24(9-7-23)10-11-25-12-14-26(15-13-25)28-18-21-30(31(32)22-28)27-16-19-29(33)20-17-27/h12-24,33H,2-11H2,1H3. The molecular formula is C31H37FO. The van der Waals surface area contributed by atoms with Crippen LogP contribution in [-0.2, 0) is 6.42 Å². The molecule has 0 unspecified atom stereocenters. The van der Waals surface area contributed by atoms with E-state index in [1.54, 1.807) is 30.3 Å². The zero-order chi connectivity index (χ0) is 23.0. The van der Waals surface area contributed by atoms with Gasteiger partial charge in [0.15, 0.2) is 0 Å². The summed E-state index contributed by atoms with van der Waals surface area (Å²) in [5.74, 6) is 1.81. The maximum atomic E-state index is 14.8. The summed E-state index contributed by atoms with van der Waals surface area (Å²) in [7, 11) is 0. The molecule has 4 rings (SSSR count). The van der Waals surface area contributed by atoms with Crippen LogP contribution >= 0.6 is 0 Å². The van der Waals surface area contributed by atoms with Gasteiger partial charge in [-0.15, -0.1) is 0 Å². The third-order valence-corrected chi connectivity index (χ3v) is 7.46. The van der Waals surface area contributed by atoms with Crippen molar-refractivity contribution in [1.82, 2.24) is 0 Å². The van der Waals surface area contributed by atoms with E-state index >= 15 is 0 Å². The molecule has 1 N–H and O–H groups in total. The van der Waals surface area contributed by atoms with Crippen LogP contribution in [0.3, 0.4) is 0 Å². The molecule has 0 saturated heterocycles. The smallest absolute Gasteiger partial charge is 0.131 e. The molecule has 174 valence electrons. The fraction of sp³-hybridized carbons (Fsp3) is 0.419. The minimum atomic E-state index is -0.243. The van der Waals surface area contributed by atoms with Crippen LogP contribution in [0.4, 0.5) is 4.39 Å². The van der Waals surface area contributed by atoms with E-state index in [4.69, 9.17) is 0 Å². The van der Waals surface area contributed by atoms with Crippen molar-refractivity contribution in [3.63, 3.8) is 0 Å². The third kappa shape index (κ3) is 6.47. The average molecular weight is 445 g/mol. The van der Waals surface area contributed by atoms with Gasteiger partial charge in [0.05, 0.1) is 0 Å². The Kier molecular flexibility index (Phi) is 8.20. The minimum Gasteiger partial charge on any atom is -0.508 e. The molecule has 3 aromatic rings. The number of unbranched alkanes of at least 4 members (excludes halogenated alkanes) is 2. The first-order valence-electron chi connectivity index (χ1n) is 12.8. The lowest BCUT2D eigenvalue weighted by atomic mass is 9.78. The Labute approximate surface area is 198 Å². The predicted octanol–water partition coefficient (Wildman–Crippen LogP) is 9.18. The zero-order valence-corrected chi connectivity index (χ0v) is 19.9. The number of halogens is 1. The number of phenols is 1. The molecule has 1 fully saturated rings. The van der Waals surface area contributed by atoms with Gasteiger partial charge in [-0.05, 0) is 65.1 Å². The SMILES string of the molecule is CCCCCC1CCC(CCc2ccc(-c3ccc(-c4ccc(O)cc4)c(F)c3)cc2)CC1. The second-order valence-corrected chi connectivity index (χ2v) is 9.86. The van der Waals surface area contributed by atoms with E-state index in [-0.39, 0.29) is 11.6 Å². The van der Waals surface area contributed by atoms with Gasteiger partial charge in [0.1, 0.15) is 11.6 Å². The van der Waals surface area contributed by atoms with Gasteiger partial charge in [-0.25, -0.2) is 4.39 Å². The number of benzene rings is 3. The highest BCUT2D eigenvalue weighted by Gasteiger charge is 2.20. The molecule has 0 aliphatic heterocycles. The van der Waals surface area contributed by atoms with Crippen LogP contribution in [-0.4, -0.2) is 5.11 Å². The molecule has 1 aliphatic rings. The summed E-state index contributed by atoms with van der Waals surface area (Å²) in [5, 5.41) is 9.45. The van der Waals surface area contributed by atoms with Crippen molar-refractivity contribution in [2.45, 2.75) is 71.1 Å². The third-order valence-electron chi connectivity index (χ3n) is 7.46. The Morgan fingerprint density at radius 1 is 0.727 bits per heavy atom. The molecule has 0 spiro atoms. The van der Waals surface area contributed by atoms with Gasteiger partial charge >= 0.3 is 0 Å². The van der Waals surface area contributed by atoms with Crippen molar-refractivity contribution in [1.29, 1.82) is 0 Å². The van der Waals surface area contributed by atoms with Gasteiger partial charge < -0.3 is 5.11 Å².